The van der Waals surface area contributed by atoms with Crippen molar-refractivity contribution in [2.45, 2.75) is 11.4 Å². The van der Waals surface area contributed by atoms with Crippen molar-refractivity contribution in [1.82, 2.24) is 4.57 Å². The summed E-state index contributed by atoms with van der Waals surface area (Å²) >= 11 is 7.00. The van der Waals surface area contributed by atoms with Gasteiger partial charge < -0.3 is 9.30 Å². The van der Waals surface area contributed by atoms with Gasteiger partial charge in [0.15, 0.2) is 21.2 Å². The Hall–Kier alpha value is -2.60. The highest BCUT2D eigenvalue weighted by molar-refractivity contribution is 7.90. The van der Waals surface area contributed by atoms with Gasteiger partial charge in [0.05, 0.1) is 21.7 Å². The number of sulfone groups is 1. The van der Waals surface area contributed by atoms with E-state index in [0.29, 0.717) is 25.8 Å². The number of ether oxygens (including phenoxy) is 1. The summed E-state index contributed by atoms with van der Waals surface area (Å²) in [5, 5.41) is 0.567. The number of fused-ring (bicyclic) bond motifs is 1. The third kappa shape index (κ3) is 4.62. The Morgan fingerprint density at radius 3 is 2.64 bits per heavy atom. The Morgan fingerprint density at radius 2 is 2.00 bits per heavy atom. The van der Waals surface area contributed by atoms with E-state index in [4.69, 9.17) is 22.8 Å². The second-order valence-electron chi connectivity index (χ2n) is 5.82. The maximum absolute atomic E-state index is 12.2. The molecule has 0 aliphatic heterocycles. The van der Waals surface area contributed by atoms with Crippen LogP contribution in [0.5, 0.6) is 5.75 Å². The molecule has 1 amide bonds. The number of rotatable bonds is 5. The molecule has 9 heteroatoms. The lowest BCUT2D eigenvalue weighted by atomic mass is 10.3. The number of aromatic nitrogens is 1. The molecule has 0 aliphatic carbocycles. The summed E-state index contributed by atoms with van der Waals surface area (Å²) in [6.45, 7) is -0.0527. The van der Waals surface area contributed by atoms with E-state index in [0.717, 1.165) is 6.26 Å². The fourth-order valence-electron chi connectivity index (χ4n) is 2.43. The quantitative estimate of drug-likeness (QED) is 0.578. The van der Waals surface area contributed by atoms with Crippen LogP contribution in [0, 0.1) is 12.3 Å². The van der Waals surface area contributed by atoms with E-state index in [-0.39, 0.29) is 18.0 Å². The Balaban J connectivity index is 1.93. The molecule has 0 atom stereocenters. The average molecular weight is 435 g/mol. The number of halogens is 1. The van der Waals surface area contributed by atoms with Crippen LogP contribution in [0.2, 0.25) is 5.02 Å². The Labute approximate surface area is 171 Å². The van der Waals surface area contributed by atoms with Gasteiger partial charge in [0.1, 0.15) is 5.75 Å². The molecule has 1 heterocycles. The SMILES string of the molecule is C#CCn1c(=NC(=O)COc2ccc(Cl)cc2)sc2cc(S(C)(=O)=O)ccc21. The molecule has 0 spiro atoms. The molecule has 0 saturated heterocycles. The van der Waals surface area contributed by atoms with Crippen LogP contribution in [0.4, 0.5) is 0 Å². The first-order chi connectivity index (χ1) is 13.3. The number of hydrogen-bond donors (Lipinski definition) is 0. The molecule has 144 valence electrons. The highest BCUT2D eigenvalue weighted by atomic mass is 35.5. The maximum atomic E-state index is 12.2. The van der Waals surface area contributed by atoms with Gasteiger partial charge in [0.2, 0.25) is 0 Å². The van der Waals surface area contributed by atoms with Crippen molar-refractivity contribution >= 4 is 48.9 Å². The number of carbonyl (C=O) groups excluding carboxylic acids is 1. The largest absolute Gasteiger partial charge is 0.484 e. The van der Waals surface area contributed by atoms with Gasteiger partial charge in [-0.2, -0.15) is 4.99 Å². The van der Waals surface area contributed by atoms with E-state index in [1.807, 2.05) is 0 Å². The monoisotopic (exact) mass is 434 g/mol. The smallest absolute Gasteiger partial charge is 0.286 e. The van der Waals surface area contributed by atoms with Crippen molar-refractivity contribution in [2.24, 2.45) is 4.99 Å². The topological polar surface area (TPSA) is 77.7 Å². The number of thiazole rings is 1. The molecule has 0 unspecified atom stereocenters. The van der Waals surface area contributed by atoms with Gasteiger partial charge in [-0.25, -0.2) is 8.42 Å². The molecule has 6 nitrogen and oxygen atoms in total. The lowest BCUT2D eigenvalue weighted by molar-refractivity contribution is -0.120. The zero-order valence-electron chi connectivity index (χ0n) is 14.8. The van der Waals surface area contributed by atoms with Crippen molar-refractivity contribution in [2.75, 3.05) is 12.9 Å². The number of terminal acetylenes is 1. The minimum absolute atomic E-state index is 0.193. The van der Waals surface area contributed by atoms with Gasteiger partial charge in [0.25, 0.3) is 5.91 Å². The fourth-order valence-corrected chi connectivity index (χ4v) is 4.36. The Kier molecular flexibility index (Phi) is 5.89. The van der Waals surface area contributed by atoms with Gasteiger partial charge in [0, 0.05) is 11.3 Å². The molecular weight excluding hydrogens is 420 g/mol. The van der Waals surface area contributed by atoms with Gasteiger partial charge in [-0.05, 0) is 42.5 Å². The Bertz CT molecular complexity index is 1250. The number of hydrogen-bond acceptors (Lipinski definition) is 5. The predicted octanol–water partition coefficient (Wildman–Crippen LogP) is 2.90. The van der Waals surface area contributed by atoms with E-state index in [1.54, 1.807) is 41.0 Å². The van der Waals surface area contributed by atoms with Gasteiger partial charge in [-0.3, -0.25) is 4.79 Å². The van der Waals surface area contributed by atoms with Crippen molar-refractivity contribution in [3.05, 3.63) is 52.3 Å². The predicted molar refractivity (Wildman–Crippen MR) is 109 cm³/mol. The summed E-state index contributed by atoms with van der Waals surface area (Å²) < 4.78 is 31.3. The van der Waals surface area contributed by atoms with Crippen LogP contribution in [0.3, 0.4) is 0 Å². The number of carbonyl (C=O) groups is 1. The fraction of sp³-hybridized carbons (Fsp3) is 0.158. The van der Waals surface area contributed by atoms with Crippen LogP contribution in [-0.4, -0.2) is 31.8 Å². The van der Waals surface area contributed by atoms with Crippen LogP contribution in [0.25, 0.3) is 10.2 Å². The zero-order chi connectivity index (χ0) is 20.3. The van der Waals surface area contributed by atoms with Crippen LogP contribution in [0.1, 0.15) is 0 Å². The first-order valence-corrected chi connectivity index (χ1v) is 11.1. The third-order valence-electron chi connectivity index (χ3n) is 3.73. The second-order valence-corrected chi connectivity index (χ2v) is 9.29. The summed E-state index contributed by atoms with van der Waals surface area (Å²) in [4.78, 5) is 16.9. The first kappa shape index (κ1) is 20.1. The molecule has 0 fully saturated rings. The van der Waals surface area contributed by atoms with E-state index < -0.39 is 15.7 Å². The lowest BCUT2D eigenvalue weighted by Gasteiger charge is -2.03. The molecule has 0 saturated carbocycles. The van der Waals surface area contributed by atoms with Crippen LogP contribution in [0.15, 0.2) is 52.4 Å². The maximum Gasteiger partial charge on any atom is 0.286 e. The molecule has 28 heavy (non-hydrogen) atoms. The molecule has 3 aromatic rings. The molecular formula is C19H15ClN2O4S2. The van der Waals surface area contributed by atoms with Crippen LogP contribution >= 0.6 is 22.9 Å². The number of amides is 1. The molecule has 2 aromatic carbocycles. The number of benzene rings is 2. The van der Waals surface area contributed by atoms with E-state index in [1.165, 1.54) is 17.4 Å². The third-order valence-corrected chi connectivity index (χ3v) is 6.13. The summed E-state index contributed by atoms with van der Waals surface area (Å²) in [5.41, 5.74) is 0.709. The minimum atomic E-state index is -3.35. The van der Waals surface area contributed by atoms with Crippen LogP contribution in [-0.2, 0) is 21.2 Å². The summed E-state index contributed by atoms with van der Waals surface area (Å²) in [6.07, 6.45) is 6.57. The van der Waals surface area contributed by atoms with Gasteiger partial charge >= 0.3 is 0 Å². The second kappa shape index (κ2) is 8.19. The first-order valence-electron chi connectivity index (χ1n) is 8.01. The zero-order valence-corrected chi connectivity index (χ0v) is 17.1. The summed E-state index contributed by atoms with van der Waals surface area (Å²) in [6, 6.07) is 11.3. The molecule has 0 N–H and O–H groups in total. The van der Waals surface area contributed by atoms with Gasteiger partial charge in [-0.15, -0.1) is 6.42 Å². The molecule has 3 rings (SSSR count). The highest BCUT2D eigenvalue weighted by Gasteiger charge is 2.12. The van der Waals surface area contributed by atoms with Crippen molar-refractivity contribution in [1.29, 1.82) is 0 Å². The number of nitrogens with zero attached hydrogens (tertiary/aromatic N) is 2. The molecule has 0 bridgehead atoms. The van der Waals surface area contributed by atoms with E-state index >= 15 is 0 Å². The van der Waals surface area contributed by atoms with E-state index in [2.05, 4.69) is 10.9 Å². The normalized spacial score (nSPS) is 12.1. The summed E-state index contributed by atoms with van der Waals surface area (Å²) in [5.74, 6) is 2.53. The lowest BCUT2D eigenvalue weighted by Crippen LogP contribution is -2.19. The van der Waals surface area contributed by atoms with Crippen molar-refractivity contribution < 1.29 is 17.9 Å². The molecule has 1 aromatic heterocycles. The van der Waals surface area contributed by atoms with Crippen molar-refractivity contribution in [3.63, 3.8) is 0 Å². The van der Waals surface area contributed by atoms with Gasteiger partial charge in [-0.1, -0.05) is 28.9 Å². The van der Waals surface area contributed by atoms with Crippen molar-refractivity contribution in [3.8, 4) is 18.1 Å². The summed E-state index contributed by atoms with van der Waals surface area (Å²) in [7, 11) is -3.35. The minimum Gasteiger partial charge on any atom is -0.484 e. The average Bonchev–Trinajstić information content (AvgIpc) is 2.97. The standard InChI is InChI=1S/C19H15ClN2O4S2/c1-3-10-22-16-9-8-15(28(2,24)25)11-17(16)27-19(22)21-18(23)12-26-14-6-4-13(20)5-7-14/h1,4-9,11H,10,12H2,2H3. The molecule has 0 aliphatic rings. The van der Waals surface area contributed by atoms with E-state index in [9.17, 15) is 13.2 Å². The van der Waals surface area contributed by atoms with Crippen LogP contribution < -0.4 is 9.54 Å². The molecule has 0 radical (unpaired) electrons. The Morgan fingerprint density at radius 1 is 1.29 bits per heavy atom. The highest BCUT2D eigenvalue weighted by Crippen LogP contribution is 2.22.